The van der Waals surface area contributed by atoms with Gasteiger partial charge in [0, 0.05) is 19.0 Å². The fourth-order valence-electron chi connectivity index (χ4n) is 4.73. The van der Waals surface area contributed by atoms with Crippen LogP contribution in [-0.4, -0.2) is 65.5 Å². The van der Waals surface area contributed by atoms with Gasteiger partial charge in [-0.25, -0.2) is 0 Å². The van der Waals surface area contributed by atoms with Gasteiger partial charge in [0.25, 0.3) is 5.91 Å². The van der Waals surface area contributed by atoms with Crippen LogP contribution in [0.25, 0.3) is 0 Å². The number of nitrogens with zero attached hydrogens (tertiary/aromatic N) is 1. The number of cyclic esters (lactones) is 1. The first-order valence-corrected chi connectivity index (χ1v) is 13.8. The van der Waals surface area contributed by atoms with E-state index in [-0.39, 0.29) is 40.2 Å². The third-order valence-electron chi connectivity index (χ3n) is 6.71. The summed E-state index contributed by atoms with van der Waals surface area (Å²) in [5.41, 5.74) is 1.16. The number of halogens is 2. The molecule has 0 aromatic heterocycles. The van der Waals surface area contributed by atoms with E-state index >= 15 is 0 Å². The highest BCUT2D eigenvalue weighted by molar-refractivity contribution is 6.40. The van der Waals surface area contributed by atoms with Gasteiger partial charge in [0.2, 0.25) is 24.0 Å². The van der Waals surface area contributed by atoms with Crippen LogP contribution in [0, 0.1) is 0 Å². The van der Waals surface area contributed by atoms with Crippen molar-refractivity contribution in [3.05, 3.63) is 63.6 Å². The SMILES string of the molecule is CC(=O)Nc1c(Cl)cc(C(=O)N[C@@H](C)C(=O)N2CCC[C@H]2C(=O)NC2CC(=O)O[C@H]2OCc2ccccc2)cc1Cl. The van der Waals surface area contributed by atoms with Crippen molar-refractivity contribution in [1.82, 2.24) is 15.5 Å². The first kappa shape index (κ1) is 30.3. The van der Waals surface area contributed by atoms with Gasteiger partial charge in [-0.05, 0) is 37.5 Å². The van der Waals surface area contributed by atoms with Gasteiger partial charge in [0.05, 0.1) is 28.8 Å². The molecule has 0 radical (unpaired) electrons. The van der Waals surface area contributed by atoms with Gasteiger partial charge >= 0.3 is 5.97 Å². The van der Waals surface area contributed by atoms with E-state index in [9.17, 15) is 24.0 Å². The number of amides is 4. The fourth-order valence-corrected chi connectivity index (χ4v) is 5.31. The monoisotopic (exact) mass is 604 g/mol. The van der Waals surface area contributed by atoms with Gasteiger partial charge in [0.1, 0.15) is 18.1 Å². The lowest BCUT2D eigenvalue weighted by atomic mass is 10.1. The minimum Gasteiger partial charge on any atom is -0.433 e. The summed E-state index contributed by atoms with van der Waals surface area (Å²) >= 11 is 12.4. The Morgan fingerprint density at radius 3 is 2.46 bits per heavy atom. The van der Waals surface area contributed by atoms with Crippen molar-refractivity contribution in [3.8, 4) is 0 Å². The largest absolute Gasteiger partial charge is 0.433 e. The maximum absolute atomic E-state index is 13.3. The minimum atomic E-state index is -0.971. The van der Waals surface area contributed by atoms with E-state index in [1.807, 2.05) is 30.3 Å². The second-order valence-corrected chi connectivity index (χ2v) is 10.7. The molecule has 218 valence electrons. The number of hydrogen-bond acceptors (Lipinski definition) is 7. The number of hydrogen-bond donors (Lipinski definition) is 3. The third-order valence-corrected chi connectivity index (χ3v) is 7.31. The number of anilines is 1. The van der Waals surface area contributed by atoms with Crippen LogP contribution >= 0.6 is 23.2 Å². The zero-order chi connectivity index (χ0) is 29.7. The quantitative estimate of drug-likeness (QED) is 0.373. The normalized spacial score (nSPS) is 20.7. The molecule has 4 rings (SSSR count). The van der Waals surface area contributed by atoms with Crippen LogP contribution in [-0.2, 0) is 35.3 Å². The number of ether oxygens (including phenoxy) is 2. The molecule has 2 aromatic carbocycles. The summed E-state index contributed by atoms with van der Waals surface area (Å²) in [5.74, 6) is -2.35. The molecule has 0 spiro atoms. The average Bonchev–Trinajstić information content (AvgIpc) is 3.55. The Morgan fingerprint density at radius 1 is 1.12 bits per heavy atom. The number of carbonyl (C=O) groups excluding carboxylic acids is 5. The van der Waals surface area contributed by atoms with Gasteiger partial charge in [-0.3, -0.25) is 24.0 Å². The molecule has 0 saturated carbocycles. The van der Waals surface area contributed by atoms with E-state index in [1.54, 1.807) is 0 Å². The van der Waals surface area contributed by atoms with Crippen LogP contribution in [0.5, 0.6) is 0 Å². The number of carbonyl (C=O) groups is 5. The zero-order valence-corrected chi connectivity index (χ0v) is 24.0. The lowest BCUT2D eigenvalue weighted by Crippen LogP contribution is -2.54. The van der Waals surface area contributed by atoms with E-state index in [4.69, 9.17) is 32.7 Å². The zero-order valence-electron chi connectivity index (χ0n) is 22.4. The summed E-state index contributed by atoms with van der Waals surface area (Å²) in [6, 6.07) is 9.55. The van der Waals surface area contributed by atoms with E-state index in [1.165, 1.54) is 30.9 Å². The van der Waals surface area contributed by atoms with Crippen LogP contribution in [0.3, 0.4) is 0 Å². The molecule has 0 bridgehead atoms. The molecule has 13 heteroatoms. The molecule has 2 fully saturated rings. The number of nitrogens with one attached hydrogen (secondary N) is 3. The standard InChI is InChI=1S/C28H30Cl2N4O7/c1-15(31-25(37)18-11-19(29)24(20(30)12-18)32-16(2)35)27(39)34-10-6-9-22(34)26(38)33-21-13-23(36)41-28(21)40-14-17-7-4-3-5-8-17/h3-5,7-8,11-12,15,21-22,28H,6,9-10,13-14H2,1-2H3,(H,31,37)(H,32,35)(H,33,38)/t15-,21?,22-,28+/m0/s1. The summed E-state index contributed by atoms with van der Waals surface area (Å²) in [6.45, 7) is 3.34. The molecule has 2 aromatic rings. The van der Waals surface area contributed by atoms with E-state index in [0.717, 1.165) is 5.56 Å². The number of benzene rings is 2. The summed E-state index contributed by atoms with van der Waals surface area (Å²) in [7, 11) is 0. The van der Waals surface area contributed by atoms with Crippen LogP contribution in [0.2, 0.25) is 10.0 Å². The highest BCUT2D eigenvalue weighted by Crippen LogP contribution is 2.32. The van der Waals surface area contributed by atoms with E-state index in [2.05, 4.69) is 16.0 Å². The Bertz CT molecular complexity index is 1320. The van der Waals surface area contributed by atoms with Gasteiger partial charge in [-0.1, -0.05) is 53.5 Å². The molecule has 2 aliphatic heterocycles. The maximum Gasteiger partial charge on any atom is 0.310 e. The Labute approximate surface area is 246 Å². The third kappa shape index (κ3) is 7.55. The first-order chi connectivity index (χ1) is 19.5. The molecule has 2 aliphatic rings. The predicted molar refractivity (Wildman–Crippen MR) is 150 cm³/mol. The number of rotatable bonds is 9. The maximum atomic E-state index is 13.3. The van der Waals surface area contributed by atoms with E-state index in [0.29, 0.717) is 19.4 Å². The highest BCUT2D eigenvalue weighted by Gasteiger charge is 2.41. The fraction of sp³-hybridized carbons (Fsp3) is 0.393. The van der Waals surface area contributed by atoms with Crippen LogP contribution in [0.4, 0.5) is 5.69 Å². The predicted octanol–water partition coefficient (Wildman–Crippen LogP) is 3.04. The molecule has 11 nitrogen and oxygen atoms in total. The molecule has 0 aliphatic carbocycles. The van der Waals surface area contributed by atoms with Crippen molar-refractivity contribution in [2.45, 2.75) is 64.1 Å². The van der Waals surface area contributed by atoms with Crippen molar-refractivity contribution in [2.75, 3.05) is 11.9 Å². The molecule has 1 unspecified atom stereocenters. The Morgan fingerprint density at radius 2 is 1.80 bits per heavy atom. The van der Waals surface area contributed by atoms with Crippen LogP contribution in [0.1, 0.15) is 49.0 Å². The number of likely N-dealkylation sites (tertiary alicyclic amines) is 1. The molecular weight excluding hydrogens is 575 g/mol. The molecule has 41 heavy (non-hydrogen) atoms. The van der Waals surface area contributed by atoms with Crippen molar-refractivity contribution in [3.63, 3.8) is 0 Å². The Kier molecular flexibility index (Phi) is 9.85. The molecule has 4 atom stereocenters. The molecule has 4 amide bonds. The second kappa shape index (κ2) is 13.3. The minimum absolute atomic E-state index is 0.0514. The van der Waals surface area contributed by atoms with Crippen LogP contribution in [0.15, 0.2) is 42.5 Å². The van der Waals surface area contributed by atoms with Crippen LogP contribution < -0.4 is 16.0 Å². The summed E-state index contributed by atoms with van der Waals surface area (Å²) < 4.78 is 11.0. The molecular formula is C28H30Cl2N4O7. The lowest BCUT2D eigenvalue weighted by Gasteiger charge is -2.28. The van der Waals surface area contributed by atoms with E-state index < -0.39 is 48.1 Å². The van der Waals surface area contributed by atoms with Gasteiger partial charge in [-0.15, -0.1) is 0 Å². The first-order valence-electron chi connectivity index (χ1n) is 13.1. The van der Waals surface area contributed by atoms with Crippen molar-refractivity contribution in [1.29, 1.82) is 0 Å². The van der Waals surface area contributed by atoms with Crippen molar-refractivity contribution < 1.29 is 33.4 Å². The topological polar surface area (TPSA) is 143 Å². The molecule has 2 saturated heterocycles. The summed E-state index contributed by atoms with van der Waals surface area (Å²) in [4.78, 5) is 64.1. The smallest absolute Gasteiger partial charge is 0.310 e. The van der Waals surface area contributed by atoms with Gasteiger partial charge in [0.15, 0.2) is 0 Å². The summed E-state index contributed by atoms with van der Waals surface area (Å²) in [6.07, 6.45) is 0.00927. The van der Waals surface area contributed by atoms with Crippen molar-refractivity contribution >= 4 is 58.5 Å². The Balaban J connectivity index is 1.36. The Hall–Kier alpha value is -3.67. The van der Waals surface area contributed by atoms with Crippen molar-refractivity contribution in [2.24, 2.45) is 0 Å². The molecule has 3 N–H and O–H groups in total. The second-order valence-electron chi connectivity index (χ2n) is 9.85. The highest BCUT2D eigenvalue weighted by atomic mass is 35.5. The molecule has 2 heterocycles. The average molecular weight is 605 g/mol. The number of esters is 1. The lowest BCUT2D eigenvalue weighted by molar-refractivity contribution is -0.168. The summed E-state index contributed by atoms with van der Waals surface area (Å²) in [5, 5.41) is 8.05. The van der Waals surface area contributed by atoms with Gasteiger partial charge < -0.3 is 30.3 Å². The van der Waals surface area contributed by atoms with Gasteiger partial charge in [-0.2, -0.15) is 0 Å².